The van der Waals surface area contributed by atoms with Gasteiger partial charge in [0, 0.05) is 26.2 Å². The second-order valence-corrected chi connectivity index (χ2v) is 7.29. The largest absolute Gasteiger partial charge is 1.00 e. The standard InChI is InChI=1S/C16H20N2O2S.ClH/c1-2-17-9-11-18(12-10-17)21(19,20)16-8-7-14-5-3-4-6-15(14)13-16;/h3-8,13H,2,9-12H2,1H3;1H/p-1. The lowest BCUT2D eigenvalue weighted by atomic mass is 10.1. The molecule has 0 amide bonds. The first-order valence-corrected chi connectivity index (χ1v) is 8.76. The van der Waals surface area contributed by atoms with Gasteiger partial charge in [0.15, 0.2) is 0 Å². The van der Waals surface area contributed by atoms with Crippen molar-refractivity contribution in [1.29, 1.82) is 0 Å². The van der Waals surface area contributed by atoms with Gasteiger partial charge in [-0.15, -0.1) is 0 Å². The summed E-state index contributed by atoms with van der Waals surface area (Å²) in [6, 6.07) is 13.2. The van der Waals surface area contributed by atoms with Gasteiger partial charge < -0.3 is 17.3 Å². The number of likely N-dealkylation sites (N-methyl/N-ethyl adjacent to an activating group) is 1. The summed E-state index contributed by atoms with van der Waals surface area (Å²) in [5.74, 6) is 0. The summed E-state index contributed by atoms with van der Waals surface area (Å²) in [7, 11) is -3.38. The van der Waals surface area contributed by atoms with E-state index in [0.29, 0.717) is 18.0 Å². The topological polar surface area (TPSA) is 40.6 Å². The van der Waals surface area contributed by atoms with Crippen molar-refractivity contribution in [1.82, 2.24) is 9.21 Å². The molecule has 6 heteroatoms. The third kappa shape index (κ3) is 3.27. The fourth-order valence-electron chi connectivity index (χ4n) is 2.76. The van der Waals surface area contributed by atoms with Crippen molar-refractivity contribution in [2.24, 2.45) is 0 Å². The van der Waals surface area contributed by atoms with E-state index in [9.17, 15) is 8.42 Å². The average Bonchev–Trinajstić information content (AvgIpc) is 2.54. The second-order valence-electron chi connectivity index (χ2n) is 5.35. The van der Waals surface area contributed by atoms with Crippen molar-refractivity contribution in [2.75, 3.05) is 32.7 Å². The van der Waals surface area contributed by atoms with E-state index in [1.165, 1.54) is 0 Å². The molecular formula is C16H20ClN2O2S-. The summed E-state index contributed by atoms with van der Waals surface area (Å²) in [4.78, 5) is 2.66. The molecule has 2 aromatic rings. The number of nitrogens with zero attached hydrogens (tertiary/aromatic N) is 2. The Bertz CT molecular complexity index is 741. The van der Waals surface area contributed by atoms with Crippen LogP contribution in [0.3, 0.4) is 0 Å². The lowest BCUT2D eigenvalue weighted by Gasteiger charge is -2.33. The second kappa shape index (κ2) is 6.96. The first-order valence-electron chi connectivity index (χ1n) is 7.32. The quantitative estimate of drug-likeness (QED) is 0.733. The molecule has 120 valence electrons. The van der Waals surface area contributed by atoms with Crippen LogP contribution in [0.5, 0.6) is 0 Å². The van der Waals surface area contributed by atoms with E-state index in [1.54, 1.807) is 16.4 Å². The zero-order chi connectivity index (χ0) is 14.9. The van der Waals surface area contributed by atoms with Crippen LogP contribution in [0.25, 0.3) is 10.8 Å². The number of hydrogen-bond donors (Lipinski definition) is 0. The Morgan fingerprint density at radius 2 is 1.59 bits per heavy atom. The smallest absolute Gasteiger partial charge is 0.243 e. The molecule has 1 heterocycles. The Morgan fingerprint density at radius 3 is 2.23 bits per heavy atom. The average molecular weight is 340 g/mol. The van der Waals surface area contributed by atoms with Crippen LogP contribution in [0.1, 0.15) is 6.92 Å². The molecule has 1 saturated heterocycles. The minimum absolute atomic E-state index is 0. The van der Waals surface area contributed by atoms with E-state index in [2.05, 4.69) is 11.8 Å². The molecule has 0 aromatic heterocycles. The summed E-state index contributed by atoms with van der Waals surface area (Å²) in [6.45, 7) is 5.84. The predicted octanol–water partition coefficient (Wildman–Crippen LogP) is -0.830. The van der Waals surface area contributed by atoms with Crippen molar-refractivity contribution in [2.45, 2.75) is 11.8 Å². The summed E-state index contributed by atoms with van der Waals surface area (Å²) in [6.07, 6.45) is 0. The molecule has 1 aliphatic rings. The zero-order valence-corrected chi connectivity index (χ0v) is 14.1. The Kier molecular flexibility index (Phi) is 5.45. The Morgan fingerprint density at radius 1 is 0.955 bits per heavy atom. The maximum atomic E-state index is 12.7. The highest BCUT2D eigenvalue weighted by Gasteiger charge is 2.27. The Labute approximate surface area is 138 Å². The van der Waals surface area contributed by atoms with E-state index < -0.39 is 10.0 Å². The highest BCUT2D eigenvalue weighted by molar-refractivity contribution is 7.89. The van der Waals surface area contributed by atoms with Crippen molar-refractivity contribution in [3.8, 4) is 0 Å². The van der Waals surface area contributed by atoms with Gasteiger partial charge in [-0.05, 0) is 29.4 Å². The number of sulfonamides is 1. The highest BCUT2D eigenvalue weighted by atomic mass is 35.5. The molecule has 0 N–H and O–H groups in total. The number of benzene rings is 2. The van der Waals surface area contributed by atoms with Gasteiger partial charge in [-0.2, -0.15) is 4.31 Å². The number of hydrogen-bond acceptors (Lipinski definition) is 3. The van der Waals surface area contributed by atoms with Gasteiger partial charge in [-0.1, -0.05) is 37.3 Å². The molecule has 1 aliphatic heterocycles. The van der Waals surface area contributed by atoms with Crippen LogP contribution in [0.4, 0.5) is 0 Å². The van der Waals surface area contributed by atoms with Crippen molar-refractivity contribution >= 4 is 20.8 Å². The minimum Gasteiger partial charge on any atom is -1.00 e. The molecule has 2 aromatic carbocycles. The third-order valence-corrected chi connectivity index (χ3v) is 6.03. The van der Waals surface area contributed by atoms with E-state index >= 15 is 0 Å². The fraction of sp³-hybridized carbons (Fsp3) is 0.375. The van der Waals surface area contributed by atoms with E-state index in [4.69, 9.17) is 0 Å². The van der Waals surface area contributed by atoms with Gasteiger partial charge in [0.25, 0.3) is 0 Å². The van der Waals surface area contributed by atoms with Crippen LogP contribution in [0.15, 0.2) is 47.4 Å². The van der Waals surface area contributed by atoms with Crippen molar-refractivity contribution < 1.29 is 20.8 Å². The van der Waals surface area contributed by atoms with Gasteiger partial charge in [-0.3, -0.25) is 0 Å². The van der Waals surface area contributed by atoms with Crippen LogP contribution in [0.2, 0.25) is 0 Å². The van der Waals surface area contributed by atoms with Gasteiger partial charge in [0.2, 0.25) is 10.0 Å². The molecule has 0 spiro atoms. The number of rotatable bonds is 3. The maximum Gasteiger partial charge on any atom is 0.243 e. The molecule has 0 aliphatic carbocycles. The Balaban J connectivity index is 0.00000176. The molecule has 0 unspecified atom stereocenters. The number of fused-ring (bicyclic) bond motifs is 1. The maximum absolute atomic E-state index is 12.7. The van der Waals surface area contributed by atoms with Gasteiger partial charge in [0.1, 0.15) is 0 Å². The predicted molar refractivity (Wildman–Crippen MR) is 84.8 cm³/mol. The first-order chi connectivity index (χ1) is 10.1. The molecule has 4 nitrogen and oxygen atoms in total. The molecule has 3 rings (SSSR count). The number of piperazine rings is 1. The van der Waals surface area contributed by atoms with E-state index in [1.807, 2.05) is 30.3 Å². The summed E-state index contributed by atoms with van der Waals surface area (Å²) in [5.41, 5.74) is 0. The van der Waals surface area contributed by atoms with Gasteiger partial charge in [-0.25, -0.2) is 8.42 Å². The third-order valence-electron chi connectivity index (χ3n) is 4.14. The van der Waals surface area contributed by atoms with Crippen LogP contribution in [0, 0.1) is 0 Å². The first kappa shape index (κ1) is 17.2. The van der Waals surface area contributed by atoms with Crippen molar-refractivity contribution in [3.05, 3.63) is 42.5 Å². The fourth-order valence-corrected chi connectivity index (χ4v) is 4.22. The molecule has 22 heavy (non-hydrogen) atoms. The lowest BCUT2D eigenvalue weighted by molar-refractivity contribution is -0.00000683. The van der Waals surface area contributed by atoms with E-state index in [-0.39, 0.29) is 12.4 Å². The van der Waals surface area contributed by atoms with Gasteiger partial charge in [0.05, 0.1) is 4.90 Å². The molecular weight excluding hydrogens is 320 g/mol. The van der Waals surface area contributed by atoms with Crippen LogP contribution < -0.4 is 12.4 Å². The highest BCUT2D eigenvalue weighted by Crippen LogP contribution is 2.22. The normalized spacial score (nSPS) is 17.3. The van der Waals surface area contributed by atoms with E-state index in [0.717, 1.165) is 30.4 Å². The van der Waals surface area contributed by atoms with Crippen LogP contribution >= 0.6 is 0 Å². The zero-order valence-electron chi connectivity index (χ0n) is 12.6. The molecule has 1 fully saturated rings. The summed E-state index contributed by atoms with van der Waals surface area (Å²) >= 11 is 0. The van der Waals surface area contributed by atoms with Crippen LogP contribution in [-0.2, 0) is 10.0 Å². The monoisotopic (exact) mass is 339 g/mol. The molecule has 0 radical (unpaired) electrons. The molecule has 0 atom stereocenters. The summed E-state index contributed by atoms with van der Waals surface area (Å²) < 4.78 is 27.1. The Hall–Kier alpha value is -1.14. The molecule has 0 saturated carbocycles. The lowest BCUT2D eigenvalue weighted by Crippen LogP contribution is -3.00. The SMILES string of the molecule is CCN1CCN(S(=O)(=O)c2ccc3ccccc3c2)CC1.[Cl-]. The van der Waals surface area contributed by atoms with Crippen LogP contribution in [-0.4, -0.2) is 50.3 Å². The van der Waals surface area contributed by atoms with Crippen molar-refractivity contribution in [3.63, 3.8) is 0 Å². The minimum atomic E-state index is -3.38. The summed E-state index contributed by atoms with van der Waals surface area (Å²) in [5, 5.41) is 2.03. The van der Waals surface area contributed by atoms with Gasteiger partial charge >= 0.3 is 0 Å². The molecule has 0 bridgehead atoms. The number of halogens is 1.